The lowest BCUT2D eigenvalue weighted by Gasteiger charge is -2.43. The molecule has 0 bridgehead atoms. The van der Waals surface area contributed by atoms with Gasteiger partial charge >= 0.3 is 0 Å². The molecule has 0 unspecified atom stereocenters. The standard InChI is InChI=1S/C17H22N2O4S/c1-12(20)19-9-7-17(8-10-19)6-5-13-3-4-14(18-24(2,22)23)11-15(13)16(17)21/h3-4,11,18H,5-10H2,1-2H3. The quantitative estimate of drug-likeness (QED) is 0.882. The predicted octanol–water partition coefficient (Wildman–Crippen LogP) is 1.82. The molecule has 1 aliphatic carbocycles. The number of nitrogens with one attached hydrogen (secondary N) is 1. The largest absolute Gasteiger partial charge is 0.343 e. The summed E-state index contributed by atoms with van der Waals surface area (Å²) in [5.74, 6) is 0.136. The molecule has 1 saturated heterocycles. The number of fused-ring (bicyclic) bond motifs is 1. The van der Waals surface area contributed by atoms with E-state index in [1.54, 1.807) is 24.0 Å². The summed E-state index contributed by atoms with van der Waals surface area (Å²) in [6.45, 7) is 2.77. The third-order valence-corrected chi connectivity index (χ3v) is 5.78. The Morgan fingerprint density at radius 2 is 1.88 bits per heavy atom. The van der Waals surface area contributed by atoms with Gasteiger partial charge in [-0.3, -0.25) is 14.3 Å². The minimum atomic E-state index is -3.38. The molecular formula is C17H22N2O4S. The van der Waals surface area contributed by atoms with Gasteiger partial charge in [-0.05, 0) is 43.4 Å². The van der Waals surface area contributed by atoms with E-state index in [9.17, 15) is 18.0 Å². The third kappa shape index (κ3) is 3.17. The van der Waals surface area contributed by atoms with E-state index in [1.165, 1.54) is 0 Å². The van der Waals surface area contributed by atoms with Crippen LogP contribution in [0.5, 0.6) is 0 Å². The molecule has 0 saturated carbocycles. The number of piperidine rings is 1. The highest BCUT2D eigenvalue weighted by molar-refractivity contribution is 7.92. The summed E-state index contributed by atoms with van der Waals surface area (Å²) in [5.41, 5.74) is 1.59. The minimum Gasteiger partial charge on any atom is -0.343 e. The zero-order valence-corrected chi connectivity index (χ0v) is 14.8. The van der Waals surface area contributed by atoms with Crippen molar-refractivity contribution in [1.29, 1.82) is 0 Å². The van der Waals surface area contributed by atoms with Gasteiger partial charge in [0.05, 0.1) is 6.26 Å². The van der Waals surface area contributed by atoms with Crippen molar-refractivity contribution in [2.45, 2.75) is 32.6 Å². The summed E-state index contributed by atoms with van der Waals surface area (Å²) in [6.07, 6.45) is 4.04. The summed E-state index contributed by atoms with van der Waals surface area (Å²) < 4.78 is 25.3. The molecular weight excluding hydrogens is 328 g/mol. The average molecular weight is 350 g/mol. The second kappa shape index (κ2) is 5.88. The zero-order chi connectivity index (χ0) is 17.5. The third-order valence-electron chi connectivity index (χ3n) is 5.18. The lowest BCUT2D eigenvalue weighted by atomic mass is 9.65. The minimum absolute atomic E-state index is 0.0492. The monoisotopic (exact) mass is 350 g/mol. The second-order valence-electron chi connectivity index (χ2n) is 6.86. The molecule has 0 radical (unpaired) electrons. The SMILES string of the molecule is CC(=O)N1CCC2(CCc3ccc(NS(C)(=O)=O)cc3C2=O)CC1. The summed E-state index contributed by atoms with van der Waals surface area (Å²) in [5, 5.41) is 0. The molecule has 1 heterocycles. The lowest BCUT2D eigenvalue weighted by molar-refractivity contribution is -0.130. The smallest absolute Gasteiger partial charge is 0.229 e. The number of benzene rings is 1. The highest BCUT2D eigenvalue weighted by Crippen LogP contribution is 2.44. The van der Waals surface area contributed by atoms with Crippen LogP contribution in [0.1, 0.15) is 42.1 Å². The highest BCUT2D eigenvalue weighted by Gasteiger charge is 2.44. The maximum Gasteiger partial charge on any atom is 0.229 e. The Labute approximate surface area is 142 Å². The van der Waals surface area contributed by atoms with Crippen molar-refractivity contribution in [2.24, 2.45) is 5.41 Å². The molecule has 1 fully saturated rings. The number of sulfonamides is 1. The number of rotatable bonds is 2. The van der Waals surface area contributed by atoms with Crippen molar-refractivity contribution in [2.75, 3.05) is 24.1 Å². The van der Waals surface area contributed by atoms with Crippen molar-refractivity contribution < 1.29 is 18.0 Å². The van der Waals surface area contributed by atoms with E-state index in [-0.39, 0.29) is 11.7 Å². The molecule has 0 aromatic heterocycles. The van der Waals surface area contributed by atoms with Crippen LogP contribution >= 0.6 is 0 Å². The van der Waals surface area contributed by atoms with Crippen LogP contribution in [0.4, 0.5) is 5.69 Å². The van der Waals surface area contributed by atoms with Crippen molar-refractivity contribution in [3.8, 4) is 0 Å². The van der Waals surface area contributed by atoms with E-state index in [2.05, 4.69) is 4.72 Å². The van der Waals surface area contributed by atoms with Crippen LogP contribution in [0.25, 0.3) is 0 Å². The first-order valence-corrected chi connectivity index (χ1v) is 10.0. The topological polar surface area (TPSA) is 83.6 Å². The van der Waals surface area contributed by atoms with Gasteiger partial charge in [0, 0.05) is 36.7 Å². The number of carbonyl (C=O) groups excluding carboxylic acids is 2. The van der Waals surface area contributed by atoms with E-state index in [4.69, 9.17) is 0 Å². The molecule has 130 valence electrons. The molecule has 1 amide bonds. The number of amides is 1. The van der Waals surface area contributed by atoms with Crippen LogP contribution in [0.15, 0.2) is 18.2 Å². The number of Topliss-reactive ketones (excluding diaryl/α,β-unsaturated/α-hetero) is 1. The number of hydrogen-bond donors (Lipinski definition) is 1. The van der Waals surface area contributed by atoms with Gasteiger partial charge in [0.25, 0.3) is 0 Å². The molecule has 1 aromatic rings. The van der Waals surface area contributed by atoms with Gasteiger partial charge < -0.3 is 4.90 Å². The normalized spacial score (nSPS) is 19.9. The summed E-state index contributed by atoms with van der Waals surface area (Å²) >= 11 is 0. The summed E-state index contributed by atoms with van der Waals surface area (Å²) in [7, 11) is -3.38. The first-order chi connectivity index (χ1) is 11.2. The second-order valence-corrected chi connectivity index (χ2v) is 8.61. The van der Waals surface area contributed by atoms with Crippen molar-refractivity contribution in [1.82, 2.24) is 4.90 Å². The van der Waals surface area contributed by atoms with Gasteiger partial charge in [0.1, 0.15) is 0 Å². The predicted molar refractivity (Wildman–Crippen MR) is 91.5 cm³/mol. The molecule has 0 atom stereocenters. The van der Waals surface area contributed by atoms with E-state index in [0.717, 1.165) is 24.7 Å². The van der Waals surface area contributed by atoms with Gasteiger partial charge in [-0.15, -0.1) is 0 Å². The Morgan fingerprint density at radius 1 is 1.21 bits per heavy atom. The van der Waals surface area contributed by atoms with Gasteiger partial charge in [-0.25, -0.2) is 8.42 Å². The van der Waals surface area contributed by atoms with E-state index < -0.39 is 15.4 Å². The van der Waals surface area contributed by atoms with Crippen LogP contribution in [-0.4, -0.2) is 44.4 Å². The average Bonchev–Trinajstić information content (AvgIpc) is 2.51. The molecule has 2 aliphatic rings. The Morgan fingerprint density at radius 3 is 2.46 bits per heavy atom. The Kier molecular flexibility index (Phi) is 4.15. The first-order valence-electron chi connectivity index (χ1n) is 8.11. The molecule has 7 heteroatoms. The number of anilines is 1. The highest BCUT2D eigenvalue weighted by atomic mass is 32.2. The van der Waals surface area contributed by atoms with E-state index >= 15 is 0 Å². The fourth-order valence-electron chi connectivity index (χ4n) is 3.78. The van der Waals surface area contributed by atoms with Gasteiger partial charge in [-0.2, -0.15) is 0 Å². The molecule has 1 aliphatic heterocycles. The summed E-state index contributed by atoms with van der Waals surface area (Å²) in [6, 6.07) is 5.18. The number of carbonyl (C=O) groups is 2. The van der Waals surface area contributed by atoms with E-state index in [1.807, 2.05) is 6.07 Å². The maximum atomic E-state index is 13.1. The fraction of sp³-hybridized carbons (Fsp3) is 0.529. The fourth-order valence-corrected chi connectivity index (χ4v) is 4.34. The lowest BCUT2D eigenvalue weighted by Crippen LogP contribution is -2.47. The molecule has 3 rings (SSSR count). The van der Waals surface area contributed by atoms with Crippen LogP contribution < -0.4 is 4.72 Å². The van der Waals surface area contributed by atoms with Crippen LogP contribution in [0, 0.1) is 5.41 Å². The number of nitrogens with zero attached hydrogens (tertiary/aromatic N) is 1. The van der Waals surface area contributed by atoms with Crippen LogP contribution in [0.3, 0.4) is 0 Å². The molecule has 24 heavy (non-hydrogen) atoms. The van der Waals surface area contributed by atoms with Crippen molar-refractivity contribution in [3.05, 3.63) is 29.3 Å². The summed E-state index contributed by atoms with van der Waals surface area (Å²) in [4.78, 5) is 26.4. The Bertz CT molecular complexity index is 793. The Balaban J connectivity index is 1.87. The zero-order valence-electron chi connectivity index (χ0n) is 14.0. The van der Waals surface area contributed by atoms with Gasteiger partial charge in [-0.1, -0.05) is 6.07 Å². The number of ketones is 1. The van der Waals surface area contributed by atoms with Gasteiger partial charge in [0.15, 0.2) is 5.78 Å². The molecule has 1 spiro atoms. The first kappa shape index (κ1) is 17.0. The molecule has 1 aromatic carbocycles. The molecule has 6 nitrogen and oxygen atoms in total. The van der Waals surface area contributed by atoms with Crippen molar-refractivity contribution in [3.63, 3.8) is 0 Å². The number of aryl methyl sites for hydroxylation is 1. The van der Waals surface area contributed by atoms with Gasteiger partial charge in [0.2, 0.25) is 15.9 Å². The van der Waals surface area contributed by atoms with Crippen LogP contribution in [-0.2, 0) is 21.2 Å². The Hall–Kier alpha value is -1.89. The molecule has 1 N–H and O–H groups in total. The van der Waals surface area contributed by atoms with E-state index in [0.29, 0.717) is 37.2 Å². The van der Waals surface area contributed by atoms with Crippen molar-refractivity contribution >= 4 is 27.4 Å². The maximum absolute atomic E-state index is 13.1. The number of likely N-dealkylation sites (tertiary alicyclic amines) is 1. The van der Waals surface area contributed by atoms with Crippen LogP contribution in [0.2, 0.25) is 0 Å². The number of hydrogen-bond acceptors (Lipinski definition) is 4.